The molecule has 20 heavy (non-hydrogen) atoms. The number of hydrogen-bond donors (Lipinski definition) is 1. The van der Waals surface area contributed by atoms with Crippen molar-refractivity contribution < 1.29 is 14.1 Å². The Hall–Kier alpha value is -3.14. The van der Waals surface area contributed by atoms with Crippen LogP contribution in [0.25, 0.3) is 0 Å². The van der Waals surface area contributed by atoms with Gasteiger partial charge in [0.2, 0.25) is 5.75 Å². The maximum atomic E-state index is 13.7. The van der Waals surface area contributed by atoms with E-state index in [0.29, 0.717) is 0 Å². The van der Waals surface area contributed by atoms with Crippen molar-refractivity contribution in [1.82, 2.24) is 0 Å². The molecule has 0 radical (unpaired) electrons. The molecular weight excluding hydrogens is 265 g/mol. The fraction of sp³-hybridized carbons (Fsp3) is 0. The van der Waals surface area contributed by atoms with Crippen molar-refractivity contribution in [1.29, 1.82) is 5.26 Å². The Morgan fingerprint density at radius 1 is 1.30 bits per heavy atom. The molecule has 0 aliphatic carbocycles. The predicted molar refractivity (Wildman–Crippen MR) is 68.7 cm³/mol. The maximum Gasteiger partial charge on any atom is 0.334 e. The molecule has 0 amide bonds. The predicted octanol–water partition coefficient (Wildman–Crippen LogP) is 2.98. The summed E-state index contributed by atoms with van der Waals surface area (Å²) < 4.78 is 18.9. The van der Waals surface area contributed by atoms with Crippen molar-refractivity contribution in [2.45, 2.75) is 0 Å². The second kappa shape index (κ2) is 5.24. The van der Waals surface area contributed by atoms with Crippen LogP contribution in [-0.4, -0.2) is 4.92 Å². The molecule has 2 aromatic rings. The summed E-state index contributed by atoms with van der Waals surface area (Å²) in [5, 5.41) is 19.6. The summed E-state index contributed by atoms with van der Waals surface area (Å²) in [4.78, 5) is 10.2. The Labute approximate surface area is 113 Å². The number of nitro groups is 1. The first-order chi connectivity index (χ1) is 9.52. The molecule has 0 saturated heterocycles. The van der Waals surface area contributed by atoms with Gasteiger partial charge in [-0.05, 0) is 30.3 Å². The fourth-order valence-corrected chi connectivity index (χ4v) is 1.59. The monoisotopic (exact) mass is 273 g/mol. The second-order valence-electron chi connectivity index (χ2n) is 3.81. The number of halogens is 1. The number of para-hydroxylation sites is 1. The van der Waals surface area contributed by atoms with Gasteiger partial charge in [0.1, 0.15) is 5.69 Å². The number of anilines is 1. The van der Waals surface area contributed by atoms with E-state index in [-0.39, 0.29) is 22.7 Å². The van der Waals surface area contributed by atoms with Gasteiger partial charge in [-0.2, -0.15) is 5.26 Å². The highest BCUT2D eigenvalue weighted by molar-refractivity contribution is 5.66. The highest BCUT2D eigenvalue weighted by Gasteiger charge is 2.20. The van der Waals surface area contributed by atoms with E-state index in [0.717, 1.165) is 6.07 Å². The standard InChI is InChI=1S/C13H8FN3O3/c14-9-6-8(7-15)4-5-11(9)20-12-3-1-2-10(16)13(12)17(18)19/h1-6H,16H2. The van der Waals surface area contributed by atoms with Crippen LogP contribution in [0.5, 0.6) is 11.5 Å². The van der Waals surface area contributed by atoms with E-state index in [1.165, 1.54) is 30.3 Å². The van der Waals surface area contributed by atoms with Gasteiger partial charge in [0.15, 0.2) is 11.6 Å². The van der Waals surface area contributed by atoms with Gasteiger partial charge in [-0.1, -0.05) is 6.07 Å². The largest absolute Gasteiger partial charge is 0.447 e. The maximum absolute atomic E-state index is 13.7. The molecule has 6 nitrogen and oxygen atoms in total. The Morgan fingerprint density at radius 2 is 2.05 bits per heavy atom. The van der Waals surface area contributed by atoms with Gasteiger partial charge < -0.3 is 10.5 Å². The molecule has 0 atom stereocenters. The van der Waals surface area contributed by atoms with Gasteiger partial charge in [-0.25, -0.2) is 4.39 Å². The Kier molecular flexibility index (Phi) is 3.48. The van der Waals surface area contributed by atoms with Crippen LogP contribution in [0.4, 0.5) is 15.8 Å². The molecule has 0 aliphatic heterocycles. The summed E-state index contributed by atoms with van der Waals surface area (Å²) in [5.74, 6) is -1.18. The number of nitrogen functional groups attached to an aromatic ring is 1. The highest BCUT2D eigenvalue weighted by atomic mass is 19.1. The third-order valence-electron chi connectivity index (χ3n) is 2.49. The molecule has 100 valence electrons. The molecular formula is C13H8FN3O3. The Morgan fingerprint density at radius 3 is 2.65 bits per heavy atom. The molecule has 0 heterocycles. The SMILES string of the molecule is N#Cc1ccc(Oc2cccc(N)c2[N+](=O)[O-])c(F)c1. The smallest absolute Gasteiger partial charge is 0.334 e. The summed E-state index contributed by atoms with van der Waals surface area (Å²) in [6.45, 7) is 0. The van der Waals surface area contributed by atoms with Crippen LogP contribution in [-0.2, 0) is 0 Å². The van der Waals surface area contributed by atoms with Crippen LogP contribution in [0.2, 0.25) is 0 Å². The summed E-state index contributed by atoms with van der Waals surface area (Å²) in [7, 11) is 0. The van der Waals surface area contributed by atoms with Crippen LogP contribution in [0.1, 0.15) is 5.56 Å². The third kappa shape index (κ3) is 2.49. The summed E-state index contributed by atoms with van der Waals surface area (Å²) in [6.07, 6.45) is 0. The molecule has 0 unspecified atom stereocenters. The average molecular weight is 273 g/mol. The first kappa shape index (κ1) is 13.3. The number of nitrogens with two attached hydrogens (primary N) is 1. The van der Waals surface area contributed by atoms with Crippen LogP contribution >= 0.6 is 0 Å². The van der Waals surface area contributed by atoms with Crippen LogP contribution < -0.4 is 10.5 Å². The Balaban J connectivity index is 2.43. The lowest BCUT2D eigenvalue weighted by molar-refractivity contribution is -0.384. The number of benzene rings is 2. The molecule has 0 saturated carbocycles. The molecule has 2 aromatic carbocycles. The summed E-state index contributed by atoms with van der Waals surface area (Å²) in [6, 6.07) is 9.44. The summed E-state index contributed by atoms with van der Waals surface area (Å²) in [5.41, 5.74) is 5.11. The molecule has 0 aromatic heterocycles. The zero-order valence-electron chi connectivity index (χ0n) is 10.0. The van der Waals surface area contributed by atoms with Crippen molar-refractivity contribution in [2.75, 3.05) is 5.73 Å². The third-order valence-corrected chi connectivity index (χ3v) is 2.49. The van der Waals surface area contributed by atoms with E-state index in [1.54, 1.807) is 6.07 Å². The van der Waals surface area contributed by atoms with Crippen LogP contribution in [0.15, 0.2) is 36.4 Å². The highest BCUT2D eigenvalue weighted by Crippen LogP contribution is 2.36. The zero-order chi connectivity index (χ0) is 14.7. The van der Waals surface area contributed by atoms with Gasteiger partial charge in [0.05, 0.1) is 16.6 Å². The minimum Gasteiger partial charge on any atom is -0.447 e. The van der Waals surface area contributed by atoms with E-state index in [9.17, 15) is 14.5 Å². The normalized spacial score (nSPS) is 9.80. The quantitative estimate of drug-likeness (QED) is 0.526. The molecule has 0 fully saturated rings. The molecule has 0 aliphatic rings. The van der Waals surface area contributed by atoms with Gasteiger partial charge in [-0.15, -0.1) is 0 Å². The molecule has 2 rings (SSSR count). The summed E-state index contributed by atoms with van der Waals surface area (Å²) >= 11 is 0. The lowest BCUT2D eigenvalue weighted by Gasteiger charge is -2.08. The fourth-order valence-electron chi connectivity index (χ4n) is 1.59. The van der Waals surface area contributed by atoms with Gasteiger partial charge >= 0.3 is 5.69 Å². The van der Waals surface area contributed by atoms with Gasteiger partial charge in [-0.3, -0.25) is 10.1 Å². The van der Waals surface area contributed by atoms with Crippen molar-refractivity contribution in [3.05, 3.63) is 57.9 Å². The van der Waals surface area contributed by atoms with E-state index in [2.05, 4.69) is 0 Å². The zero-order valence-corrected chi connectivity index (χ0v) is 10.0. The molecule has 0 bridgehead atoms. The van der Waals surface area contributed by atoms with Crippen molar-refractivity contribution >= 4 is 11.4 Å². The number of nitro benzene ring substituents is 1. The van der Waals surface area contributed by atoms with Gasteiger partial charge in [0, 0.05) is 0 Å². The number of hydrogen-bond acceptors (Lipinski definition) is 5. The molecule has 0 spiro atoms. The number of nitriles is 1. The van der Waals surface area contributed by atoms with Crippen molar-refractivity contribution in [3.63, 3.8) is 0 Å². The second-order valence-corrected chi connectivity index (χ2v) is 3.81. The first-order valence-electron chi connectivity index (χ1n) is 5.43. The van der Waals surface area contributed by atoms with Crippen LogP contribution in [0.3, 0.4) is 0 Å². The number of nitrogens with zero attached hydrogens (tertiary/aromatic N) is 2. The van der Waals surface area contributed by atoms with E-state index in [4.69, 9.17) is 15.7 Å². The minimum atomic E-state index is -0.791. The Bertz CT molecular complexity index is 725. The van der Waals surface area contributed by atoms with E-state index in [1.807, 2.05) is 0 Å². The number of rotatable bonds is 3. The molecule has 7 heteroatoms. The lowest BCUT2D eigenvalue weighted by atomic mass is 10.2. The molecule has 2 N–H and O–H groups in total. The average Bonchev–Trinajstić information content (AvgIpc) is 2.40. The minimum absolute atomic E-state index is 0.0819. The van der Waals surface area contributed by atoms with Crippen molar-refractivity contribution in [3.8, 4) is 17.6 Å². The van der Waals surface area contributed by atoms with E-state index >= 15 is 0 Å². The van der Waals surface area contributed by atoms with Crippen molar-refractivity contribution in [2.24, 2.45) is 0 Å². The number of ether oxygens (including phenoxy) is 1. The van der Waals surface area contributed by atoms with Crippen LogP contribution in [0, 0.1) is 27.3 Å². The lowest BCUT2D eigenvalue weighted by Crippen LogP contribution is -1.99. The first-order valence-corrected chi connectivity index (χ1v) is 5.43. The van der Waals surface area contributed by atoms with E-state index < -0.39 is 16.4 Å². The van der Waals surface area contributed by atoms with Gasteiger partial charge in [0.25, 0.3) is 0 Å². The topological polar surface area (TPSA) is 102 Å².